The van der Waals surface area contributed by atoms with Crippen LogP contribution in [-0.4, -0.2) is 51.8 Å². The number of hydrogen-bond donors (Lipinski definition) is 1. The van der Waals surface area contributed by atoms with Crippen molar-refractivity contribution < 1.29 is 18.7 Å². The van der Waals surface area contributed by atoms with Crippen molar-refractivity contribution in [3.8, 4) is 0 Å². The van der Waals surface area contributed by atoms with E-state index >= 15 is 0 Å². The summed E-state index contributed by atoms with van der Waals surface area (Å²) in [5, 5.41) is 13.0. The fourth-order valence-corrected chi connectivity index (χ4v) is 1.87. The summed E-state index contributed by atoms with van der Waals surface area (Å²) in [6.45, 7) is 3.04. The van der Waals surface area contributed by atoms with Crippen LogP contribution in [0.2, 0.25) is 0 Å². The van der Waals surface area contributed by atoms with Gasteiger partial charge in [-0.1, -0.05) is 0 Å². The molecule has 1 N–H and O–H groups in total. The van der Waals surface area contributed by atoms with Crippen molar-refractivity contribution in [1.29, 1.82) is 0 Å². The van der Waals surface area contributed by atoms with Crippen LogP contribution in [0.15, 0.2) is 6.07 Å². The van der Waals surface area contributed by atoms with Gasteiger partial charge in [0.2, 0.25) is 5.91 Å². The van der Waals surface area contributed by atoms with Gasteiger partial charge in [-0.2, -0.15) is 5.10 Å². The molecule has 1 aromatic heterocycles. The lowest BCUT2D eigenvalue weighted by atomic mass is 10.3. The zero-order valence-electron chi connectivity index (χ0n) is 11.1. The van der Waals surface area contributed by atoms with Gasteiger partial charge in [0.15, 0.2) is 0 Å². The third-order valence-corrected chi connectivity index (χ3v) is 2.72. The van der Waals surface area contributed by atoms with E-state index in [0.29, 0.717) is 6.54 Å². The molecule has 0 atom stereocenters. The molecule has 19 heavy (non-hydrogen) atoms. The maximum atomic E-state index is 12.3. The quantitative estimate of drug-likeness (QED) is 0.807. The summed E-state index contributed by atoms with van der Waals surface area (Å²) in [5.74, 6) is -0.401. The molecule has 0 saturated heterocycles. The molecular formula is C12H19F2N3O2. The van der Waals surface area contributed by atoms with Crippen LogP contribution in [0.5, 0.6) is 0 Å². The normalized spacial score (nSPS) is 11.1. The molecule has 0 aliphatic carbocycles. The van der Waals surface area contributed by atoms with E-state index in [1.54, 1.807) is 4.68 Å². The van der Waals surface area contributed by atoms with Gasteiger partial charge in [-0.05, 0) is 19.9 Å². The van der Waals surface area contributed by atoms with Gasteiger partial charge in [-0.15, -0.1) is 0 Å². The van der Waals surface area contributed by atoms with Crippen molar-refractivity contribution >= 4 is 5.91 Å². The first-order chi connectivity index (χ1) is 8.93. The first-order valence-electron chi connectivity index (χ1n) is 6.12. The van der Waals surface area contributed by atoms with Gasteiger partial charge < -0.3 is 10.0 Å². The second-order valence-electron chi connectivity index (χ2n) is 4.35. The smallest absolute Gasteiger partial charge is 0.255 e. The van der Waals surface area contributed by atoms with Crippen molar-refractivity contribution in [2.75, 3.05) is 19.7 Å². The predicted molar refractivity (Wildman–Crippen MR) is 66.0 cm³/mol. The summed E-state index contributed by atoms with van der Waals surface area (Å²) < 4.78 is 26.3. The SMILES string of the molecule is Cc1cc(C)n(CCC(=O)N(CCO)CC(F)F)n1. The van der Waals surface area contributed by atoms with E-state index in [1.165, 1.54) is 0 Å². The first kappa shape index (κ1) is 15.6. The number of hydrogen-bond acceptors (Lipinski definition) is 3. The van der Waals surface area contributed by atoms with Gasteiger partial charge in [-0.3, -0.25) is 9.48 Å². The van der Waals surface area contributed by atoms with Crippen LogP contribution < -0.4 is 0 Å². The van der Waals surface area contributed by atoms with Crippen LogP contribution in [0.3, 0.4) is 0 Å². The van der Waals surface area contributed by atoms with Crippen LogP contribution in [0.4, 0.5) is 8.78 Å². The third-order valence-electron chi connectivity index (χ3n) is 2.72. The minimum atomic E-state index is -2.59. The summed E-state index contributed by atoms with van der Waals surface area (Å²) >= 11 is 0. The molecule has 0 aliphatic rings. The molecule has 0 unspecified atom stereocenters. The maximum absolute atomic E-state index is 12.3. The number of amides is 1. The Morgan fingerprint density at radius 2 is 2.21 bits per heavy atom. The van der Waals surface area contributed by atoms with Crippen LogP contribution in [0.1, 0.15) is 17.8 Å². The van der Waals surface area contributed by atoms with Gasteiger partial charge >= 0.3 is 0 Å². The Bertz CT molecular complexity index is 421. The minimum absolute atomic E-state index is 0.0692. The highest BCUT2D eigenvalue weighted by molar-refractivity contribution is 5.76. The Morgan fingerprint density at radius 3 is 2.68 bits per heavy atom. The molecule has 0 spiro atoms. The average molecular weight is 275 g/mol. The van der Waals surface area contributed by atoms with Crippen molar-refractivity contribution in [3.63, 3.8) is 0 Å². The van der Waals surface area contributed by atoms with Crippen molar-refractivity contribution in [2.24, 2.45) is 0 Å². The number of alkyl halides is 2. The van der Waals surface area contributed by atoms with Gasteiger partial charge in [0.25, 0.3) is 6.43 Å². The van der Waals surface area contributed by atoms with Crippen LogP contribution in [0, 0.1) is 13.8 Å². The monoisotopic (exact) mass is 275 g/mol. The van der Waals surface area contributed by atoms with Crippen molar-refractivity contribution in [3.05, 3.63) is 17.5 Å². The summed E-state index contributed by atoms with van der Waals surface area (Å²) in [6, 6.07) is 1.88. The minimum Gasteiger partial charge on any atom is -0.395 e. The lowest BCUT2D eigenvalue weighted by Gasteiger charge is -2.21. The van der Waals surface area contributed by atoms with E-state index in [4.69, 9.17) is 5.11 Å². The number of rotatable bonds is 7. The molecule has 5 nitrogen and oxygen atoms in total. The third kappa shape index (κ3) is 4.94. The van der Waals surface area contributed by atoms with Gasteiger partial charge in [-0.25, -0.2) is 8.78 Å². The van der Waals surface area contributed by atoms with Crippen LogP contribution in [-0.2, 0) is 11.3 Å². The fraction of sp³-hybridized carbons (Fsp3) is 0.667. The standard InChI is InChI=1S/C12H19F2N3O2/c1-9-7-10(2)17(15-9)4-3-12(19)16(5-6-18)8-11(13)14/h7,11,18H,3-6,8H2,1-2H3. The predicted octanol–water partition coefficient (Wildman–Crippen LogP) is 0.976. The molecule has 0 fully saturated rings. The zero-order chi connectivity index (χ0) is 14.4. The number of aromatic nitrogens is 2. The second-order valence-corrected chi connectivity index (χ2v) is 4.35. The number of carbonyl (C=O) groups is 1. The molecule has 1 amide bonds. The maximum Gasteiger partial charge on any atom is 0.255 e. The zero-order valence-corrected chi connectivity index (χ0v) is 11.1. The van der Waals surface area contributed by atoms with Gasteiger partial charge in [0, 0.05) is 25.2 Å². The number of nitrogens with zero attached hydrogens (tertiary/aromatic N) is 3. The van der Waals surface area contributed by atoms with E-state index in [9.17, 15) is 13.6 Å². The Morgan fingerprint density at radius 1 is 1.53 bits per heavy atom. The molecule has 1 aromatic rings. The number of aliphatic hydroxyl groups excluding tert-OH is 1. The summed E-state index contributed by atoms with van der Waals surface area (Å²) in [7, 11) is 0. The van der Waals surface area contributed by atoms with E-state index in [2.05, 4.69) is 5.10 Å². The lowest BCUT2D eigenvalue weighted by molar-refractivity contribution is -0.134. The molecule has 1 rings (SSSR count). The van der Waals surface area contributed by atoms with Gasteiger partial charge in [0.05, 0.1) is 18.8 Å². The Kier molecular flexibility index (Phi) is 5.88. The highest BCUT2D eigenvalue weighted by Gasteiger charge is 2.17. The Hall–Kier alpha value is -1.50. The summed E-state index contributed by atoms with van der Waals surface area (Å²) in [5.41, 5.74) is 1.78. The Labute approximate surface area is 110 Å². The average Bonchev–Trinajstić information content (AvgIpc) is 2.63. The van der Waals surface area contributed by atoms with Gasteiger partial charge in [0.1, 0.15) is 0 Å². The van der Waals surface area contributed by atoms with E-state index in [-0.39, 0.29) is 19.6 Å². The van der Waals surface area contributed by atoms with E-state index in [0.717, 1.165) is 16.3 Å². The highest BCUT2D eigenvalue weighted by Crippen LogP contribution is 2.05. The fourth-order valence-electron chi connectivity index (χ4n) is 1.87. The number of halogens is 2. The number of carbonyl (C=O) groups excluding carboxylic acids is 1. The van der Waals surface area contributed by atoms with Crippen LogP contribution in [0.25, 0.3) is 0 Å². The molecule has 0 saturated carbocycles. The summed E-state index contributed by atoms with van der Waals surface area (Å²) in [6.07, 6.45) is -2.50. The number of aliphatic hydroxyl groups is 1. The lowest BCUT2D eigenvalue weighted by Crippen LogP contribution is -2.37. The first-order valence-corrected chi connectivity index (χ1v) is 6.12. The van der Waals surface area contributed by atoms with Crippen molar-refractivity contribution in [2.45, 2.75) is 33.2 Å². The molecule has 0 radical (unpaired) electrons. The molecular weight excluding hydrogens is 256 g/mol. The molecule has 7 heteroatoms. The molecule has 0 aliphatic heterocycles. The van der Waals surface area contributed by atoms with E-state index in [1.807, 2.05) is 19.9 Å². The topological polar surface area (TPSA) is 58.4 Å². The molecule has 108 valence electrons. The largest absolute Gasteiger partial charge is 0.395 e. The molecule has 0 aromatic carbocycles. The number of aryl methyl sites for hydroxylation is 3. The molecule has 0 bridgehead atoms. The molecule has 1 heterocycles. The summed E-state index contributed by atoms with van der Waals surface area (Å²) in [4.78, 5) is 12.8. The van der Waals surface area contributed by atoms with Crippen LogP contribution >= 0.6 is 0 Å². The highest BCUT2D eigenvalue weighted by atomic mass is 19.3. The van der Waals surface area contributed by atoms with Crippen molar-refractivity contribution in [1.82, 2.24) is 14.7 Å². The Balaban J connectivity index is 2.54. The second kappa shape index (κ2) is 7.18. The van der Waals surface area contributed by atoms with E-state index < -0.39 is 18.9 Å².